The average Bonchev–Trinajstić information content (AvgIpc) is 2.63. The Balaban J connectivity index is 2.40. The topological polar surface area (TPSA) is 36.0 Å². The van der Waals surface area contributed by atoms with Crippen molar-refractivity contribution in [2.75, 3.05) is 0 Å². The molecular weight excluding hydrogens is 241 g/mol. The third kappa shape index (κ3) is 2.21. The second-order valence-electron chi connectivity index (χ2n) is 4.09. The molecule has 0 aliphatic carbocycles. The van der Waals surface area contributed by atoms with Crippen molar-refractivity contribution in [1.82, 2.24) is 4.98 Å². The summed E-state index contributed by atoms with van der Waals surface area (Å²) in [6, 6.07) is 4.23. The number of aromatic nitrogens is 1. The molecule has 1 heterocycles. The first-order valence-electron chi connectivity index (χ1n) is 5.28. The maximum atomic E-state index is 13.0. The lowest BCUT2D eigenvalue weighted by Gasteiger charge is -2.11. The number of nitrogens with one attached hydrogen (secondary N) is 1. The van der Waals surface area contributed by atoms with Crippen LogP contribution in [0.25, 0.3) is 0 Å². The molecule has 90 valence electrons. The van der Waals surface area contributed by atoms with Gasteiger partial charge in [0.25, 0.3) is 0 Å². The van der Waals surface area contributed by atoms with Crippen LogP contribution >= 0.6 is 11.6 Å². The second kappa shape index (κ2) is 4.51. The first-order valence-corrected chi connectivity index (χ1v) is 5.66. The molecule has 2 N–H and O–H groups in total. The van der Waals surface area contributed by atoms with Crippen molar-refractivity contribution in [3.63, 3.8) is 0 Å². The van der Waals surface area contributed by atoms with E-state index in [9.17, 15) is 9.50 Å². The smallest absolute Gasteiger partial charge is 0.141 e. The molecule has 2 nitrogen and oxygen atoms in total. The van der Waals surface area contributed by atoms with Crippen molar-refractivity contribution in [2.24, 2.45) is 0 Å². The van der Waals surface area contributed by atoms with Crippen molar-refractivity contribution in [3.8, 4) is 0 Å². The molecule has 0 bridgehead atoms. The Morgan fingerprint density at radius 3 is 2.59 bits per heavy atom. The molecule has 0 radical (unpaired) electrons. The predicted molar refractivity (Wildman–Crippen MR) is 65.7 cm³/mol. The number of hydrogen-bond donors (Lipinski definition) is 2. The summed E-state index contributed by atoms with van der Waals surface area (Å²) >= 11 is 5.69. The van der Waals surface area contributed by atoms with Crippen molar-refractivity contribution in [2.45, 2.75) is 20.0 Å². The molecule has 4 heteroatoms. The van der Waals surface area contributed by atoms with Gasteiger partial charge in [-0.2, -0.15) is 0 Å². The number of H-pyrrole nitrogens is 1. The number of hydrogen-bond acceptors (Lipinski definition) is 1. The SMILES string of the molecule is Cc1c[nH]c(C(O)c2ccc(F)c(Cl)c2)c1C. The van der Waals surface area contributed by atoms with Gasteiger partial charge in [-0.3, -0.25) is 0 Å². The van der Waals surface area contributed by atoms with Crippen LogP contribution < -0.4 is 0 Å². The van der Waals surface area contributed by atoms with E-state index in [1.807, 2.05) is 20.0 Å². The number of benzene rings is 1. The first-order chi connectivity index (χ1) is 8.00. The lowest BCUT2D eigenvalue weighted by Crippen LogP contribution is -2.02. The predicted octanol–water partition coefficient (Wildman–Crippen LogP) is 3.51. The van der Waals surface area contributed by atoms with E-state index in [4.69, 9.17) is 11.6 Å². The molecule has 1 unspecified atom stereocenters. The third-order valence-corrected chi connectivity index (χ3v) is 3.26. The third-order valence-electron chi connectivity index (χ3n) is 2.97. The van der Waals surface area contributed by atoms with E-state index in [2.05, 4.69) is 4.98 Å². The van der Waals surface area contributed by atoms with Crippen LogP contribution in [0.15, 0.2) is 24.4 Å². The van der Waals surface area contributed by atoms with E-state index in [0.717, 1.165) is 11.1 Å². The quantitative estimate of drug-likeness (QED) is 0.844. The first kappa shape index (κ1) is 12.1. The zero-order valence-electron chi connectivity index (χ0n) is 9.59. The van der Waals surface area contributed by atoms with Crippen molar-refractivity contribution < 1.29 is 9.50 Å². The molecule has 0 amide bonds. The Morgan fingerprint density at radius 1 is 1.35 bits per heavy atom. The monoisotopic (exact) mass is 253 g/mol. The molecule has 2 aromatic rings. The van der Waals surface area contributed by atoms with E-state index >= 15 is 0 Å². The van der Waals surface area contributed by atoms with Gasteiger partial charge in [-0.05, 0) is 42.7 Å². The Bertz CT molecular complexity index is 550. The molecule has 1 aromatic heterocycles. The van der Waals surface area contributed by atoms with E-state index in [1.165, 1.54) is 18.2 Å². The summed E-state index contributed by atoms with van der Waals surface area (Å²) in [7, 11) is 0. The molecule has 0 aliphatic heterocycles. The molecule has 2 rings (SSSR count). The van der Waals surface area contributed by atoms with Gasteiger partial charge in [-0.15, -0.1) is 0 Å². The number of aromatic amines is 1. The number of aliphatic hydroxyl groups is 1. The summed E-state index contributed by atoms with van der Waals surface area (Å²) in [6.45, 7) is 3.88. The highest BCUT2D eigenvalue weighted by Crippen LogP contribution is 2.27. The number of aliphatic hydroxyl groups excluding tert-OH is 1. The van der Waals surface area contributed by atoms with Crippen molar-refractivity contribution in [3.05, 3.63) is 57.6 Å². The highest BCUT2D eigenvalue weighted by Gasteiger charge is 2.16. The average molecular weight is 254 g/mol. The summed E-state index contributed by atoms with van der Waals surface area (Å²) in [4.78, 5) is 3.02. The van der Waals surface area contributed by atoms with Gasteiger partial charge in [0.1, 0.15) is 11.9 Å². The Morgan fingerprint density at radius 2 is 2.06 bits per heavy atom. The summed E-state index contributed by atoms with van der Waals surface area (Å²) in [5.41, 5.74) is 3.36. The molecule has 17 heavy (non-hydrogen) atoms. The maximum Gasteiger partial charge on any atom is 0.141 e. The van der Waals surface area contributed by atoms with Crippen molar-refractivity contribution >= 4 is 11.6 Å². The van der Waals surface area contributed by atoms with Gasteiger partial charge in [-0.25, -0.2) is 4.39 Å². The number of aryl methyl sites for hydroxylation is 1. The standard InChI is InChI=1S/C13H13ClFNO/c1-7-6-16-12(8(7)2)13(17)9-3-4-11(15)10(14)5-9/h3-6,13,16-17H,1-2H3. The van der Waals surface area contributed by atoms with Crippen LogP contribution in [0.4, 0.5) is 4.39 Å². The van der Waals surface area contributed by atoms with Crippen LogP contribution in [0.3, 0.4) is 0 Å². The van der Waals surface area contributed by atoms with E-state index in [0.29, 0.717) is 11.3 Å². The Labute approximate surface area is 104 Å². The largest absolute Gasteiger partial charge is 0.382 e. The second-order valence-corrected chi connectivity index (χ2v) is 4.49. The zero-order chi connectivity index (χ0) is 12.6. The van der Waals surface area contributed by atoms with Gasteiger partial charge >= 0.3 is 0 Å². The summed E-state index contributed by atoms with van der Waals surface area (Å²) in [5, 5.41) is 10.2. The molecule has 0 fully saturated rings. The van der Waals surface area contributed by atoms with Gasteiger partial charge in [0.15, 0.2) is 0 Å². The van der Waals surface area contributed by atoms with Gasteiger partial charge in [0, 0.05) is 6.20 Å². The molecular formula is C13H13ClFNO. The lowest BCUT2D eigenvalue weighted by atomic mass is 10.0. The molecule has 0 saturated carbocycles. The minimum Gasteiger partial charge on any atom is -0.382 e. The normalized spacial score (nSPS) is 12.8. The number of halogens is 2. The minimum absolute atomic E-state index is 0.0162. The van der Waals surface area contributed by atoms with Crippen LogP contribution in [0.1, 0.15) is 28.5 Å². The van der Waals surface area contributed by atoms with Gasteiger partial charge in [0.05, 0.1) is 10.7 Å². The fourth-order valence-electron chi connectivity index (χ4n) is 1.75. The van der Waals surface area contributed by atoms with E-state index in [1.54, 1.807) is 0 Å². The van der Waals surface area contributed by atoms with E-state index < -0.39 is 11.9 Å². The van der Waals surface area contributed by atoms with Crippen LogP contribution in [0.5, 0.6) is 0 Å². The highest BCUT2D eigenvalue weighted by atomic mass is 35.5. The summed E-state index contributed by atoms with van der Waals surface area (Å²) < 4.78 is 13.0. The number of rotatable bonds is 2. The Kier molecular flexibility index (Phi) is 3.22. The minimum atomic E-state index is -0.818. The zero-order valence-corrected chi connectivity index (χ0v) is 10.3. The summed E-state index contributed by atoms with van der Waals surface area (Å²) in [6.07, 6.45) is 1.01. The van der Waals surface area contributed by atoms with Crippen LogP contribution in [-0.4, -0.2) is 10.1 Å². The van der Waals surface area contributed by atoms with Gasteiger partial charge in [-0.1, -0.05) is 17.7 Å². The fraction of sp³-hybridized carbons (Fsp3) is 0.231. The molecule has 1 atom stereocenters. The lowest BCUT2D eigenvalue weighted by molar-refractivity contribution is 0.215. The van der Waals surface area contributed by atoms with Gasteiger partial charge in [0.2, 0.25) is 0 Å². The molecule has 0 spiro atoms. The van der Waals surface area contributed by atoms with Crippen LogP contribution in [0.2, 0.25) is 5.02 Å². The highest BCUT2D eigenvalue weighted by molar-refractivity contribution is 6.30. The van der Waals surface area contributed by atoms with Crippen LogP contribution in [0, 0.1) is 19.7 Å². The van der Waals surface area contributed by atoms with Crippen molar-refractivity contribution in [1.29, 1.82) is 0 Å². The Hall–Kier alpha value is -1.32. The molecule has 0 aliphatic rings. The van der Waals surface area contributed by atoms with E-state index in [-0.39, 0.29) is 5.02 Å². The fourth-order valence-corrected chi connectivity index (χ4v) is 1.94. The molecule has 0 saturated heterocycles. The van der Waals surface area contributed by atoms with Gasteiger partial charge < -0.3 is 10.1 Å². The molecule has 1 aromatic carbocycles. The summed E-state index contributed by atoms with van der Waals surface area (Å²) in [5.74, 6) is -0.484. The maximum absolute atomic E-state index is 13.0. The van der Waals surface area contributed by atoms with Crippen LogP contribution in [-0.2, 0) is 0 Å².